The van der Waals surface area contributed by atoms with Gasteiger partial charge in [-0.05, 0) is 35.3 Å². The lowest BCUT2D eigenvalue weighted by atomic mass is 9.88. The smallest absolute Gasteiger partial charge is 0.128 e. The fourth-order valence-corrected chi connectivity index (χ4v) is 2.87. The largest absolute Gasteiger partial charge is 0.356 e. The van der Waals surface area contributed by atoms with Crippen LogP contribution in [0.2, 0.25) is 0 Å². The minimum Gasteiger partial charge on any atom is -0.356 e. The summed E-state index contributed by atoms with van der Waals surface area (Å²) in [5, 5.41) is 0. The van der Waals surface area contributed by atoms with E-state index in [0.29, 0.717) is 0 Å². The van der Waals surface area contributed by atoms with Crippen LogP contribution in [0.25, 0.3) is 0 Å². The third-order valence-corrected chi connectivity index (χ3v) is 3.81. The van der Waals surface area contributed by atoms with Crippen LogP contribution in [0.15, 0.2) is 18.3 Å². The summed E-state index contributed by atoms with van der Waals surface area (Å²) in [6.45, 7) is 13.7. The normalized spacial score (nSPS) is 25.3. The van der Waals surface area contributed by atoms with Crippen LogP contribution < -0.4 is 4.90 Å². The Bertz CT molecular complexity index is 379. The molecule has 2 heteroatoms. The monoisotopic (exact) mass is 246 g/mol. The van der Waals surface area contributed by atoms with Crippen molar-refractivity contribution in [1.82, 2.24) is 4.98 Å². The first-order valence-corrected chi connectivity index (χ1v) is 7.07. The van der Waals surface area contributed by atoms with Crippen molar-refractivity contribution in [3.8, 4) is 0 Å². The van der Waals surface area contributed by atoms with Gasteiger partial charge in [-0.15, -0.1) is 0 Å². The van der Waals surface area contributed by atoms with Crippen LogP contribution in [0.5, 0.6) is 0 Å². The molecule has 0 spiro atoms. The number of nitrogens with zero attached hydrogens (tertiary/aromatic N) is 2. The van der Waals surface area contributed by atoms with Crippen LogP contribution >= 0.6 is 0 Å². The van der Waals surface area contributed by atoms with Gasteiger partial charge in [0.25, 0.3) is 0 Å². The molecule has 2 atom stereocenters. The van der Waals surface area contributed by atoms with Crippen molar-refractivity contribution in [3.63, 3.8) is 0 Å². The fraction of sp³-hybridized carbons (Fsp3) is 0.688. The lowest BCUT2D eigenvalue weighted by Crippen LogP contribution is -2.39. The van der Waals surface area contributed by atoms with Crippen molar-refractivity contribution in [2.45, 2.75) is 46.5 Å². The number of aromatic nitrogens is 1. The molecule has 0 aliphatic carbocycles. The van der Waals surface area contributed by atoms with Crippen LogP contribution in [0.4, 0.5) is 5.82 Å². The summed E-state index contributed by atoms with van der Waals surface area (Å²) in [6.07, 6.45) is 3.38. The minimum atomic E-state index is 0.189. The summed E-state index contributed by atoms with van der Waals surface area (Å²) in [4.78, 5) is 7.10. The first-order valence-electron chi connectivity index (χ1n) is 7.07. The maximum atomic E-state index is 4.66. The lowest BCUT2D eigenvalue weighted by Gasteiger charge is -2.36. The van der Waals surface area contributed by atoms with E-state index in [0.717, 1.165) is 30.7 Å². The molecule has 0 radical (unpaired) electrons. The van der Waals surface area contributed by atoms with E-state index >= 15 is 0 Å². The Kier molecular flexibility index (Phi) is 3.65. The Morgan fingerprint density at radius 1 is 1.11 bits per heavy atom. The Morgan fingerprint density at radius 3 is 2.17 bits per heavy atom. The van der Waals surface area contributed by atoms with Gasteiger partial charge in [-0.1, -0.05) is 40.7 Å². The molecular weight excluding hydrogens is 220 g/mol. The number of anilines is 1. The Labute approximate surface area is 111 Å². The van der Waals surface area contributed by atoms with Gasteiger partial charge in [0.15, 0.2) is 0 Å². The summed E-state index contributed by atoms with van der Waals surface area (Å²) in [6, 6.07) is 4.41. The minimum absolute atomic E-state index is 0.189. The van der Waals surface area contributed by atoms with Gasteiger partial charge in [-0.25, -0.2) is 4.98 Å². The quantitative estimate of drug-likeness (QED) is 0.748. The van der Waals surface area contributed by atoms with E-state index in [2.05, 4.69) is 56.6 Å². The topological polar surface area (TPSA) is 16.1 Å². The first-order chi connectivity index (χ1) is 8.36. The third kappa shape index (κ3) is 3.04. The van der Waals surface area contributed by atoms with E-state index in [-0.39, 0.29) is 5.41 Å². The zero-order valence-corrected chi connectivity index (χ0v) is 12.4. The summed E-state index contributed by atoms with van der Waals surface area (Å²) in [5.41, 5.74) is 1.50. The number of hydrogen-bond donors (Lipinski definition) is 0. The van der Waals surface area contributed by atoms with Crippen molar-refractivity contribution in [2.24, 2.45) is 11.8 Å². The molecule has 0 saturated carbocycles. The van der Waals surface area contributed by atoms with Gasteiger partial charge < -0.3 is 4.90 Å². The van der Waals surface area contributed by atoms with E-state index in [9.17, 15) is 0 Å². The van der Waals surface area contributed by atoms with Crippen molar-refractivity contribution < 1.29 is 0 Å². The maximum absolute atomic E-state index is 4.66. The second-order valence-corrected chi connectivity index (χ2v) is 7.01. The standard InChI is InChI=1S/C16H26N2/c1-12-8-13(2)11-18(10-12)15-7-6-14(9-17-15)16(3,4)5/h6-7,9,12-13H,8,10-11H2,1-5H3. The molecule has 0 amide bonds. The fourth-order valence-electron chi connectivity index (χ4n) is 2.87. The molecule has 1 fully saturated rings. The molecule has 2 heterocycles. The maximum Gasteiger partial charge on any atom is 0.128 e. The van der Waals surface area contributed by atoms with Gasteiger partial charge in [0.1, 0.15) is 5.82 Å². The van der Waals surface area contributed by atoms with Gasteiger partial charge in [-0.2, -0.15) is 0 Å². The predicted octanol–water partition coefficient (Wildman–Crippen LogP) is 3.86. The molecule has 2 rings (SSSR count). The molecule has 2 unspecified atom stereocenters. The van der Waals surface area contributed by atoms with E-state index in [4.69, 9.17) is 0 Å². The highest BCUT2D eigenvalue weighted by Crippen LogP contribution is 2.27. The van der Waals surface area contributed by atoms with E-state index in [1.165, 1.54) is 12.0 Å². The zero-order valence-electron chi connectivity index (χ0n) is 12.4. The number of piperidine rings is 1. The molecule has 1 aliphatic heterocycles. The van der Waals surface area contributed by atoms with Gasteiger partial charge in [0.2, 0.25) is 0 Å². The molecule has 1 aliphatic rings. The molecule has 100 valence electrons. The third-order valence-electron chi connectivity index (χ3n) is 3.81. The molecule has 0 bridgehead atoms. The van der Waals surface area contributed by atoms with E-state index < -0.39 is 0 Å². The Morgan fingerprint density at radius 2 is 1.72 bits per heavy atom. The second kappa shape index (κ2) is 4.91. The highest BCUT2D eigenvalue weighted by atomic mass is 15.2. The second-order valence-electron chi connectivity index (χ2n) is 7.01. The SMILES string of the molecule is CC1CC(C)CN(c2ccc(C(C)(C)C)cn2)C1. The van der Waals surface area contributed by atoms with Crippen molar-refractivity contribution >= 4 is 5.82 Å². The number of rotatable bonds is 1. The van der Waals surface area contributed by atoms with Crippen molar-refractivity contribution in [1.29, 1.82) is 0 Å². The number of hydrogen-bond acceptors (Lipinski definition) is 2. The zero-order chi connectivity index (χ0) is 13.3. The van der Waals surface area contributed by atoms with Crippen LogP contribution in [-0.4, -0.2) is 18.1 Å². The summed E-state index contributed by atoms with van der Waals surface area (Å²) < 4.78 is 0. The van der Waals surface area contributed by atoms with Gasteiger partial charge in [0.05, 0.1) is 0 Å². The highest BCUT2D eigenvalue weighted by Gasteiger charge is 2.23. The summed E-state index contributed by atoms with van der Waals surface area (Å²) in [7, 11) is 0. The average Bonchev–Trinajstić information content (AvgIpc) is 2.27. The molecule has 2 nitrogen and oxygen atoms in total. The molecule has 1 aromatic rings. The Hall–Kier alpha value is -1.05. The van der Waals surface area contributed by atoms with E-state index in [1.54, 1.807) is 0 Å². The van der Waals surface area contributed by atoms with Crippen molar-refractivity contribution in [3.05, 3.63) is 23.9 Å². The van der Waals surface area contributed by atoms with Crippen LogP contribution in [0, 0.1) is 11.8 Å². The van der Waals surface area contributed by atoms with Gasteiger partial charge >= 0.3 is 0 Å². The molecule has 0 aromatic carbocycles. The van der Waals surface area contributed by atoms with Gasteiger partial charge in [0, 0.05) is 19.3 Å². The first kappa shape index (κ1) is 13.4. The molecular formula is C16H26N2. The van der Waals surface area contributed by atoms with Crippen LogP contribution in [-0.2, 0) is 5.41 Å². The molecule has 1 aromatic heterocycles. The Balaban J connectivity index is 2.14. The summed E-state index contributed by atoms with van der Waals surface area (Å²) in [5.74, 6) is 2.69. The van der Waals surface area contributed by atoms with Gasteiger partial charge in [-0.3, -0.25) is 0 Å². The molecule has 18 heavy (non-hydrogen) atoms. The molecule has 0 N–H and O–H groups in total. The van der Waals surface area contributed by atoms with Crippen LogP contribution in [0.3, 0.4) is 0 Å². The van der Waals surface area contributed by atoms with Crippen LogP contribution in [0.1, 0.15) is 46.6 Å². The van der Waals surface area contributed by atoms with Crippen molar-refractivity contribution in [2.75, 3.05) is 18.0 Å². The van der Waals surface area contributed by atoms with E-state index in [1.807, 2.05) is 6.20 Å². The lowest BCUT2D eigenvalue weighted by molar-refractivity contribution is 0.355. The number of pyridine rings is 1. The average molecular weight is 246 g/mol. The highest BCUT2D eigenvalue weighted by molar-refractivity contribution is 5.41. The summed E-state index contributed by atoms with van der Waals surface area (Å²) >= 11 is 0. The molecule has 1 saturated heterocycles. The predicted molar refractivity (Wildman–Crippen MR) is 78.1 cm³/mol.